The van der Waals surface area contributed by atoms with Gasteiger partial charge in [0.15, 0.2) is 0 Å². The van der Waals surface area contributed by atoms with Crippen molar-refractivity contribution in [1.29, 1.82) is 0 Å². The summed E-state index contributed by atoms with van der Waals surface area (Å²) in [6.07, 6.45) is 7.17. The van der Waals surface area contributed by atoms with Gasteiger partial charge in [-0.15, -0.1) is 0 Å². The summed E-state index contributed by atoms with van der Waals surface area (Å²) in [5.74, 6) is 2.81. The van der Waals surface area contributed by atoms with Crippen molar-refractivity contribution < 1.29 is 0 Å². The molecule has 3 atom stereocenters. The number of nitrogens with one attached hydrogen (secondary N) is 1. The molecule has 1 saturated carbocycles. The first-order valence-corrected chi connectivity index (χ1v) is 7.13. The Balaban J connectivity index is 2.62. The molecule has 0 saturated heterocycles. The lowest BCUT2D eigenvalue weighted by Crippen LogP contribution is -2.38. The predicted octanol–water partition coefficient (Wildman–Crippen LogP) is 4.08. The van der Waals surface area contributed by atoms with Gasteiger partial charge in [-0.25, -0.2) is 0 Å². The molecule has 1 N–H and O–H groups in total. The highest BCUT2D eigenvalue weighted by Crippen LogP contribution is 2.44. The molecule has 1 aliphatic rings. The van der Waals surface area contributed by atoms with Crippen LogP contribution in [0.4, 0.5) is 0 Å². The minimum atomic E-state index is 0.480. The lowest BCUT2D eigenvalue weighted by Gasteiger charge is -2.43. The molecule has 0 aromatic carbocycles. The standard InChI is InChI=1S/C15H31N/c1-6-7-12-8-9-13(11-16-5)14(10-12)15(2,3)4/h12-14,16H,6-11H2,1-5H3. The molecule has 1 heteroatoms. The lowest BCUT2D eigenvalue weighted by atomic mass is 9.63. The maximum atomic E-state index is 3.39. The average molecular weight is 225 g/mol. The summed E-state index contributed by atoms with van der Waals surface area (Å²) < 4.78 is 0. The van der Waals surface area contributed by atoms with Crippen LogP contribution in [-0.4, -0.2) is 13.6 Å². The topological polar surface area (TPSA) is 12.0 Å². The summed E-state index contributed by atoms with van der Waals surface area (Å²) in [6.45, 7) is 10.8. The van der Waals surface area contributed by atoms with Crippen molar-refractivity contribution >= 4 is 0 Å². The van der Waals surface area contributed by atoms with Crippen molar-refractivity contribution in [3.8, 4) is 0 Å². The first kappa shape index (κ1) is 14.0. The average Bonchev–Trinajstić information content (AvgIpc) is 2.19. The molecule has 96 valence electrons. The summed E-state index contributed by atoms with van der Waals surface area (Å²) in [5.41, 5.74) is 0.480. The lowest BCUT2D eigenvalue weighted by molar-refractivity contribution is 0.0735. The van der Waals surface area contributed by atoms with Gasteiger partial charge in [-0.1, -0.05) is 47.0 Å². The van der Waals surface area contributed by atoms with Gasteiger partial charge in [0.25, 0.3) is 0 Å². The fourth-order valence-electron chi connectivity index (χ4n) is 3.56. The monoisotopic (exact) mass is 225 g/mol. The Hall–Kier alpha value is -0.0400. The molecule has 1 nitrogen and oxygen atoms in total. The first-order chi connectivity index (χ1) is 7.49. The number of hydrogen-bond acceptors (Lipinski definition) is 1. The van der Waals surface area contributed by atoms with E-state index in [9.17, 15) is 0 Å². The van der Waals surface area contributed by atoms with E-state index in [2.05, 4.69) is 40.1 Å². The van der Waals surface area contributed by atoms with E-state index in [0.29, 0.717) is 5.41 Å². The molecule has 16 heavy (non-hydrogen) atoms. The van der Waals surface area contributed by atoms with E-state index in [-0.39, 0.29) is 0 Å². The Bertz CT molecular complexity index is 192. The van der Waals surface area contributed by atoms with E-state index in [0.717, 1.165) is 17.8 Å². The van der Waals surface area contributed by atoms with Crippen LogP contribution in [0.15, 0.2) is 0 Å². The molecule has 1 rings (SSSR count). The van der Waals surface area contributed by atoms with Gasteiger partial charge in [0.05, 0.1) is 0 Å². The van der Waals surface area contributed by atoms with Crippen molar-refractivity contribution in [2.75, 3.05) is 13.6 Å². The van der Waals surface area contributed by atoms with Gasteiger partial charge in [0.1, 0.15) is 0 Å². The van der Waals surface area contributed by atoms with Crippen LogP contribution in [0.5, 0.6) is 0 Å². The molecule has 0 amide bonds. The zero-order valence-corrected chi connectivity index (χ0v) is 12.0. The highest BCUT2D eigenvalue weighted by molar-refractivity contribution is 4.87. The molecular formula is C15H31N. The van der Waals surface area contributed by atoms with E-state index in [1.807, 2.05) is 0 Å². The van der Waals surface area contributed by atoms with Crippen molar-refractivity contribution in [3.63, 3.8) is 0 Å². The Morgan fingerprint density at radius 3 is 2.38 bits per heavy atom. The van der Waals surface area contributed by atoms with Gasteiger partial charge >= 0.3 is 0 Å². The quantitative estimate of drug-likeness (QED) is 0.760. The van der Waals surface area contributed by atoms with Crippen molar-refractivity contribution in [2.45, 2.75) is 59.8 Å². The van der Waals surface area contributed by atoms with Crippen LogP contribution < -0.4 is 5.32 Å². The Morgan fingerprint density at radius 2 is 1.88 bits per heavy atom. The van der Waals surface area contributed by atoms with Gasteiger partial charge in [0, 0.05) is 0 Å². The molecule has 0 aromatic rings. The van der Waals surface area contributed by atoms with E-state index in [1.54, 1.807) is 0 Å². The molecule has 0 bridgehead atoms. The third-order valence-corrected chi connectivity index (χ3v) is 4.38. The summed E-state index contributed by atoms with van der Waals surface area (Å²) in [5, 5.41) is 3.39. The van der Waals surface area contributed by atoms with Gasteiger partial charge in [0.2, 0.25) is 0 Å². The molecular weight excluding hydrogens is 194 g/mol. The minimum absolute atomic E-state index is 0.480. The Labute approximate surface area is 102 Å². The Morgan fingerprint density at radius 1 is 1.19 bits per heavy atom. The second-order valence-corrected chi connectivity index (χ2v) is 6.76. The van der Waals surface area contributed by atoms with Crippen molar-refractivity contribution in [1.82, 2.24) is 5.32 Å². The van der Waals surface area contributed by atoms with E-state index < -0.39 is 0 Å². The van der Waals surface area contributed by atoms with Gasteiger partial charge in [-0.3, -0.25) is 0 Å². The molecule has 0 heterocycles. The van der Waals surface area contributed by atoms with Crippen LogP contribution >= 0.6 is 0 Å². The number of hydrogen-bond donors (Lipinski definition) is 1. The first-order valence-electron chi connectivity index (χ1n) is 7.13. The van der Waals surface area contributed by atoms with Gasteiger partial charge in [-0.05, 0) is 49.6 Å². The van der Waals surface area contributed by atoms with Crippen molar-refractivity contribution in [2.24, 2.45) is 23.2 Å². The molecule has 0 aliphatic heterocycles. The summed E-state index contributed by atoms with van der Waals surface area (Å²) in [7, 11) is 2.10. The van der Waals surface area contributed by atoms with Gasteiger partial charge < -0.3 is 5.32 Å². The van der Waals surface area contributed by atoms with E-state index in [4.69, 9.17) is 0 Å². The van der Waals surface area contributed by atoms with Gasteiger partial charge in [-0.2, -0.15) is 0 Å². The van der Waals surface area contributed by atoms with Crippen LogP contribution in [-0.2, 0) is 0 Å². The van der Waals surface area contributed by atoms with Crippen LogP contribution in [0.1, 0.15) is 59.8 Å². The fraction of sp³-hybridized carbons (Fsp3) is 1.00. The summed E-state index contributed by atoms with van der Waals surface area (Å²) >= 11 is 0. The molecule has 1 fully saturated rings. The smallest absolute Gasteiger partial charge is 0.00207 e. The van der Waals surface area contributed by atoms with Crippen LogP contribution in [0.3, 0.4) is 0 Å². The molecule has 0 radical (unpaired) electrons. The molecule has 3 unspecified atom stereocenters. The van der Waals surface area contributed by atoms with E-state index >= 15 is 0 Å². The third-order valence-electron chi connectivity index (χ3n) is 4.38. The third kappa shape index (κ3) is 3.76. The number of rotatable bonds is 4. The van der Waals surface area contributed by atoms with E-state index in [1.165, 1.54) is 38.6 Å². The Kier molecular flexibility index (Phi) is 5.30. The summed E-state index contributed by atoms with van der Waals surface area (Å²) in [4.78, 5) is 0. The highest BCUT2D eigenvalue weighted by atomic mass is 14.8. The minimum Gasteiger partial charge on any atom is -0.319 e. The second kappa shape index (κ2) is 6.05. The van der Waals surface area contributed by atoms with Crippen LogP contribution in [0, 0.1) is 23.2 Å². The van der Waals surface area contributed by atoms with Crippen LogP contribution in [0.25, 0.3) is 0 Å². The fourth-order valence-corrected chi connectivity index (χ4v) is 3.56. The maximum Gasteiger partial charge on any atom is -0.00207 e. The predicted molar refractivity (Wildman–Crippen MR) is 72.6 cm³/mol. The molecule has 0 spiro atoms. The molecule has 1 aliphatic carbocycles. The second-order valence-electron chi connectivity index (χ2n) is 6.76. The largest absolute Gasteiger partial charge is 0.319 e. The highest BCUT2D eigenvalue weighted by Gasteiger charge is 2.36. The van der Waals surface area contributed by atoms with Crippen LogP contribution in [0.2, 0.25) is 0 Å². The zero-order valence-electron chi connectivity index (χ0n) is 12.0. The SMILES string of the molecule is CCCC1CCC(CNC)C(C(C)(C)C)C1. The maximum absolute atomic E-state index is 3.39. The molecule has 0 aromatic heterocycles. The zero-order chi connectivity index (χ0) is 12.2. The normalized spacial score (nSPS) is 31.7. The summed E-state index contributed by atoms with van der Waals surface area (Å²) in [6, 6.07) is 0. The van der Waals surface area contributed by atoms with Crippen molar-refractivity contribution in [3.05, 3.63) is 0 Å².